The maximum Gasteiger partial charge on any atom is 0.339 e. The van der Waals surface area contributed by atoms with Crippen LogP contribution in [0.3, 0.4) is 0 Å². The summed E-state index contributed by atoms with van der Waals surface area (Å²) in [7, 11) is 0. The number of rotatable bonds is 7. The van der Waals surface area contributed by atoms with E-state index in [4.69, 9.17) is 5.11 Å². The van der Waals surface area contributed by atoms with Crippen molar-refractivity contribution in [1.82, 2.24) is 4.90 Å². The van der Waals surface area contributed by atoms with Gasteiger partial charge >= 0.3 is 5.97 Å². The second kappa shape index (κ2) is 7.55. The van der Waals surface area contributed by atoms with Gasteiger partial charge in [0.25, 0.3) is 0 Å². The lowest BCUT2D eigenvalue weighted by atomic mass is 10.1. The molecule has 0 aromatic heterocycles. The summed E-state index contributed by atoms with van der Waals surface area (Å²) in [5.74, 6) is -1.42. The molecular formula is C17H18FNO2. The Hall–Kier alpha value is -2.20. The summed E-state index contributed by atoms with van der Waals surface area (Å²) in [5, 5.41) is 8.76. The van der Waals surface area contributed by atoms with Crippen LogP contribution in [-0.4, -0.2) is 28.7 Å². The molecule has 0 aliphatic rings. The van der Waals surface area contributed by atoms with Gasteiger partial charge in [-0.2, -0.15) is 0 Å². The largest absolute Gasteiger partial charge is 0.479 e. The summed E-state index contributed by atoms with van der Waals surface area (Å²) in [6.07, 6.45) is -1.88. The predicted molar refractivity (Wildman–Crippen MR) is 79.5 cm³/mol. The molecule has 1 N–H and O–H groups in total. The normalized spacial score (nSPS) is 12.3. The molecule has 0 amide bonds. The molecule has 0 aliphatic heterocycles. The standard InChI is InChI=1S/C17H18FNO2/c18-16(17(20)21)13-19(11-14-7-3-1-4-8-14)12-15-9-5-2-6-10-15/h1-10,16H,11-13H2,(H,20,21)/t16-/m1/s1. The van der Waals surface area contributed by atoms with E-state index in [-0.39, 0.29) is 6.54 Å². The Labute approximate surface area is 123 Å². The molecule has 4 heteroatoms. The lowest BCUT2D eigenvalue weighted by Gasteiger charge is -2.23. The second-order valence-electron chi connectivity index (χ2n) is 4.95. The second-order valence-corrected chi connectivity index (χ2v) is 4.95. The average Bonchev–Trinajstić information content (AvgIpc) is 2.49. The lowest BCUT2D eigenvalue weighted by molar-refractivity contribution is -0.143. The Morgan fingerprint density at radius 2 is 1.38 bits per heavy atom. The Morgan fingerprint density at radius 1 is 0.952 bits per heavy atom. The zero-order valence-corrected chi connectivity index (χ0v) is 11.7. The van der Waals surface area contributed by atoms with E-state index < -0.39 is 12.1 Å². The number of carboxylic acids is 1. The van der Waals surface area contributed by atoms with Crippen molar-refractivity contribution in [2.75, 3.05) is 6.54 Å². The van der Waals surface area contributed by atoms with Gasteiger partial charge in [0.2, 0.25) is 6.17 Å². The van der Waals surface area contributed by atoms with Gasteiger partial charge in [0, 0.05) is 19.6 Å². The lowest BCUT2D eigenvalue weighted by Crippen LogP contribution is -2.33. The monoisotopic (exact) mass is 287 g/mol. The molecule has 0 unspecified atom stereocenters. The minimum absolute atomic E-state index is 0.126. The summed E-state index contributed by atoms with van der Waals surface area (Å²) in [4.78, 5) is 12.5. The van der Waals surface area contributed by atoms with Crippen molar-refractivity contribution in [2.24, 2.45) is 0 Å². The Bertz CT molecular complexity index is 518. The molecule has 3 nitrogen and oxygen atoms in total. The number of halogens is 1. The molecule has 2 aromatic rings. The van der Waals surface area contributed by atoms with Crippen molar-refractivity contribution >= 4 is 5.97 Å². The third-order valence-corrected chi connectivity index (χ3v) is 3.18. The molecule has 0 aliphatic carbocycles. The van der Waals surface area contributed by atoms with Crippen LogP contribution in [0.1, 0.15) is 11.1 Å². The minimum atomic E-state index is -1.88. The Morgan fingerprint density at radius 3 is 1.76 bits per heavy atom. The van der Waals surface area contributed by atoms with Crippen LogP contribution < -0.4 is 0 Å². The van der Waals surface area contributed by atoms with Crippen LogP contribution in [0.25, 0.3) is 0 Å². The van der Waals surface area contributed by atoms with Crippen molar-refractivity contribution in [3.05, 3.63) is 71.8 Å². The molecule has 110 valence electrons. The van der Waals surface area contributed by atoms with Gasteiger partial charge < -0.3 is 5.11 Å². The summed E-state index contributed by atoms with van der Waals surface area (Å²) < 4.78 is 13.5. The highest BCUT2D eigenvalue weighted by atomic mass is 19.1. The Kier molecular flexibility index (Phi) is 5.46. The zero-order chi connectivity index (χ0) is 15.1. The maximum atomic E-state index is 13.5. The quantitative estimate of drug-likeness (QED) is 0.850. The first kappa shape index (κ1) is 15.2. The van der Waals surface area contributed by atoms with Crippen LogP contribution in [-0.2, 0) is 17.9 Å². The van der Waals surface area contributed by atoms with Crippen molar-refractivity contribution in [1.29, 1.82) is 0 Å². The highest BCUT2D eigenvalue weighted by molar-refractivity contribution is 5.72. The first-order valence-electron chi connectivity index (χ1n) is 6.82. The molecule has 2 aromatic carbocycles. The van der Waals surface area contributed by atoms with Gasteiger partial charge in [0.1, 0.15) is 0 Å². The first-order chi connectivity index (χ1) is 10.1. The average molecular weight is 287 g/mol. The fourth-order valence-corrected chi connectivity index (χ4v) is 2.17. The number of nitrogens with zero attached hydrogens (tertiary/aromatic N) is 1. The molecule has 0 saturated heterocycles. The molecule has 0 fully saturated rings. The predicted octanol–water partition coefficient (Wildman–Crippen LogP) is 3.11. The molecule has 21 heavy (non-hydrogen) atoms. The molecule has 0 heterocycles. The van der Waals surface area contributed by atoms with Gasteiger partial charge in [-0.05, 0) is 11.1 Å². The van der Waals surface area contributed by atoms with E-state index in [1.165, 1.54) is 0 Å². The zero-order valence-electron chi connectivity index (χ0n) is 11.7. The summed E-state index contributed by atoms with van der Waals surface area (Å²) in [6.45, 7) is 0.909. The third-order valence-electron chi connectivity index (χ3n) is 3.18. The summed E-state index contributed by atoms with van der Waals surface area (Å²) >= 11 is 0. The van der Waals surface area contributed by atoms with Crippen molar-refractivity contribution in [3.8, 4) is 0 Å². The number of aliphatic carboxylic acids is 1. The van der Waals surface area contributed by atoms with E-state index in [0.717, 1.165) is 11.1 Å². The van der Waals surface area contributed by atoms with Gasteiger partial charge in [-0.15, -0.1) is 0 Å². The van der Waals surface area contributed by atoms with Gasteiger partial charge in [-0.1, -0.05) is 60.7 Å². The number of carbonyl (C=O) groups is 1. The fourth-order valence-electron chi connectivity index (χ4n) is 2.17. The molecule has 0 saturated carbocycles. The van der Waals surface area contributed by atoms with Crippen LogP contribution in [0.2, 0.25) is 0 Å². The Balaban J connectivity index is 2.08. The van der Waals surface area contributed by atoms with E-state index in [1.54, 1.807) is 0 Å². The maximum absolute atomic E-state index is 13.5. The van der Waals surface area contributed by atoms with Crippen molar-refractivity contribution in [2.45, 2.75) is 19.3 Å². The molecule has 0 radical (unpaired) electrons. The van der Waals surface area contributed by atoms with Crippen LogP contribution in [0.4, 0.5) is 4.39 Å². The van der Waals surface area contributed by atoms with Crippen LogP contribution >= 0.6 is 0 Å². The molecular weight excluding hydrogens is 269 g/mol. The molecule has 0 bridgehead atoms. The fraction of sp³-hybridized carbons (Fsp3) is 0.235. The highest BCUT2D eigenvalue weighted by Crippen LogP contribution is 2.11. The minimum Gasteiger partial charge on any atom is -0.479 e. The van der Waals surface area contributed by atoms with E-state index in [1.807, 2.05) is 65.6 Å². The van der Waals surface area contributed by atoms with Crippen molar-refractivity contribution in [3.63, 3.8) is 0 Å². The number of carboxylic acid groups (broad SMARTS) is 1. The number of alkyl halides is 1. The van der Waals surface area contributed by atoms with Gasteiger partial charge in [-0.25, -0.2) is 9.18 Å². The summed E-state index contributed by atoms with van der Waals surface area (Å²) in [5.41, 5.74) is 2.07. The SMILES string of the molecule is O=C(O)[C@H](F)CN(Cc1ccccc1)Cc1ccccc1. The third kappa shape index (κ3) is 5.00. The van der Waals surface area contributed by atoms with E-state index in [0.29, 0.717) is 13.1 Å². The van der Waals surface area contributed by atoms with Gasteiger partial charge in [0.15, 0.2) is 0 Å². The van der Waals surface area contributed by atoms with Crippen LogP contribution in [0.15, 0.2) is 60.7 Å². The highest BCUT2D eigenvalue weighted by Gasteiger charge is 2.20. The van der Waals surface area contributed by atoms with Gasteiger partial charge in [-0.3, -0.25) is 4.90 Å². The van der Waals surface area contributed by atoms with E-state index >= 15 is 0 Å². The van der Waals surface area contributed by atoms with E-state index in [2.05, 4.69) is 0 Å². The number of hydrogen-bond donors (Lipinski definition) is 1. The molecule has 1 atom stereocenters. The first-order valence-corrected chi connectivity index (χ1v) is 6.82. The van der Waals surface area contributed by atoms with Crippen LogP contribution in [0.5, 0.6) is 0 Å². The number of benzene rings is 2. The van der Waals surface area contributed by atoms with Crippen molar-refractivity contribution < 1.29 is 14.3 Å². The van der Waals surface area contributed by atoms with Crippen LogP contribution in [0, 0.1) is 0 Å². The smallest absolute Gasteiger partial charge is 0.339 e. The number of hydrogen-bond acceptors (Lipinski definition) is 2. The van der Waals surface area contributed by atoms with Gasteiger partial charge in [0.05, 0.1) is 0 Å². The topological polar surface area (TPSA) is 40.5 Å². The van der Waals surface area contributed by atoms with E-state index in [9.17, 15) is 9.18 Å². The molecule has 0 spiro atoms. The summed E-state index contributed by atoms with van der Waals surface area (Å²) in [6, 6.07) is 19.3. The molecule has 2 rings (SSSR count).